The Morgan fingerprint density at radius 2 is 2.16 bits per heavy atom. The summed E-state index contributed by atoms with van der Waals surface area (Å²) in [5.74, 6) is 0. The van der Waals surface area contributed by atoms with Crippen molar-refractivity contribution in [3.63, 3.8) is 0 Å². The lowest BCUT2D eigenvalue weighted by molar-refractivity contribution is 0.430. The Morgan fingerprint density at radius 1 is 1.42 bits per heavy atom. The molecule has 1 aromatic heterocycles. The fourth-order valence-electron chi connectivity index (χ4n) is 2.68. The Balaban J connectivity index is 2.07. The van der Waals surface area contributed by atoms with Gasteiger partial charge in [0, 0.05) is 23.7 Å². The molecule has 0 bridgehead atoms. The van der Waals surface area contributed by atoms with Crippen LogP contribution in [0.15, 0.2) is 16.9 Å². The third-order valence-corrected chi connectivity index (χ3v) is 4.65. The highest BCUT2D eigenvalue weighted by Crippen LogP contribution is 2.24. The Morgan fingerprint density at radius 3 is 2.84 bits per heavy atom. The van der Waals surface area contributed by atoms with Crippen LogP contribution in [0.2, 0.25) is 0 Å². The number of rotatable bonds is 5. The van der Waals surface area contributed by atoms with Gasteiger partial charge in [-0.3, -0.25) is 4.79 Å². The standard InChI is InChI=1S/C15H22N2OS/c1-15(2,14(16)19)9-4-10-17-12-6-3-5-11(12)7-8-13(17)18/h7-8H,3-6,9-10H2,1-2H3,(H2,16,19). The highest BCUT2D eigenvalue weighted by molar-refractivity contribution is 7.80. The van der Waals surface area contributed by atoms with Gasteiger partial charge in [-0.15, -0.1) is 0 Å². The van der Waals surface area contributed by atoms with Crippen LogP contribution in [0.5, 0.6) is 0 Å². The monoisotopic (exact) mass is 278 g/mol. The maximum Gasteiger partial charge on any atom is 0.250 e. The zero-order chi connectivity index (χ0) is 14.0. The fraction of sp³-hybridized carbons (Fsp3) is 0.600. The van der Waals surface area contributed by atoms with E-state index < -0.39 is 0 Å². The maximum atomic E-state index is 12.0. The van der Waals surface area contributed by atoms with Gasteiger partial charge in [-0.2, -0.15) is 0 Å². The second-order valence-corrected chi connectivity index (χ2v) is 6.44. The number of hydrogen-bond acceptors (Lipinski definition) is 2. The molecule has 104 valence electrons. The third kappa shape index (κ3) is 3.06. The summed E-state index contributed by atoms with van der Waals surface area (Å²) in [4.78, 5) is 12.5. The van der Waals surface area contributed by atoms with Crippen LogP contribution in [0.3, 0.4) is 0 Å². The lowest BCUT2D eigenvalue weighted by Gasteiger charge is -2.23. The average Bonchev–Trinajstić information content (AvgIpc) is 2.80. The van der Waals surface area contributed by atoms with Crippen molar-refractivity contribution in [2.24, 2.45) is 11.1 Å². The van der Waals surface area contributed by atoms with E-state index in [2.05, 4.69) is 13.8 Å². The molecule has 0 fully saturated rings. The molecule has 0 atom stereocenters. The van der Waals surface area contributed by atoms with E-state index >= 15 is 0 Å². The lowest BCUT2D eigenvalue weighted by atomic mass is 9.88. The molecule has 0 aromatic carbocycles. The molecule has 0 unspecified atom stereocenters. The molecule has 0 amide bonds. The van der Waals surface area contributed by atoms with Crippen LogP contribution in [0.1, 0.15) is 44.4 Å². The van der Waals surface area contributed by atoms with Gasteiger partial charge >= 0.3 is 0 Å². The SMILES string of the molecule is CC(C)(CCCn1c2c(ccc1=O)CCC2)C(N)=S. The first-order valence-electron chi connectivity index (χ1n) is 6.93. The zero-order valence-electron chi connectivity index (χ0n) is 11.7. The van der Waals surface area contributed by atoms with Crippen molar-refractivity contribution >= 4 is 17.2 Å². The average molecular weight is 278 g/mol. The number of fused-ring (bicyclic) bond motifs is 1. The highest BCUT2D eigenvalue weighted by Gasteiger charge is 2.21. The van der Waals surface area contributed by atoms with Crippen LogP contribution in [0.25, 0.3) is 0 Å². The number of nitrogens with zero attached hydrogens (tertiary/aromatic N) is 1. The molecule has 0 saturated heterocycles. The quantitative estimate of drug-likeness (QED) is 0.842. The van der Waals surface area contributed by atoms with Gasteiger partial charge in [0.2, 0.25) is 0 Å². The maximum absolute atomic E-state index is 12.0. The number of pyridine rings is 1. The van der Waals surface area contributed by atoms with E-state index in [4.69, 9.17) is 18.0 Å². The van der Waals surface area contributed by atoms with Crippen LogP contribution in [0, 0.1) is 5.41 Å². The van der Waals surface area contributed by atoms with Crippen molar-refractivity contribution < 1.29 is 0 Å². The number of thiocarbonyl (C=S) groups is 1. The second-order valence-electron chi connectivity index (χ2n) is 6.00. The Hall–Kier alpha value is -1.16. The molecule has 1 aliphatic carbocycles. The van der Waals surface area contributed by atoms with Crippen LogP contribution >= 0.6 is 12.2 Å². The van der Waals surface area contributed by atoms with Gasteiger partial charge in [0.1, 0.15) is 0 Å². The first kappa shape index (κ1) is 14.3. The summed E-state index contributed by atoms with van der Waals surface area (Å²) in [7, 11) is 0. The van der Waals surface area contributed by atoms with Gasteiger partial charge in [0.05, 0.1) is 4.99 Å². The lowest BCUT2D eigenvalue weighted by Crippen LogP contribution is -2.30. The van der Waals surface area contributed by atoms with E-state index in [0.717, 1.165) is 38.6 Å². The van der Waals surface area contributed by atoms with E-state index in [9.17, 15) is 4.79 Å². The summed E-state index contributed by atoms with van der Waals surface area (Å²) >= 11 is 5.08. The van der Waals surface area contributed by atoms with Crippen molar-refractivity contribution in [2.75, 3.05) is 0 Å². The second kappa shape index (κ2) is 5.45. The first-order chi connectivity index (χ1) is 8.92. The molecule has 2 rings (SSSR count). The van der Waals surface area contributed by atoms with E-state index in [1.54, 1.807) is 6.07 Å². The van der Waals surface area contributed by atoms with Gasteiger partial charge in [-0.1, -0.05) is 32.1 Å². The molecule has 1 aromatic rings. The normalized spacial score (nSPS) is 14.4. The van der Waals surface area contributed by atoms with Gasteiger partial charge in [-0.25, -0.2) is 0 Å². The molecule has 19 heavy (non-hydrogen) atoms. The molecule has 0 radical (unpaired) electrons. The predicted molar refractivity (Wildman–Crippen MR) is 82.5 cm³/mol. The predicted octanol–water partition coefficient (Wildman–Crippen LogP) is 2.43. The summed E-state index contributed by atoms with van der Waals surface area (Å²) in [5.41, 5.74) is 8.30. The molecular formula is C15H22N2OS. The summed E-state index contributed by atoms with van der Waals surface area (Å²) < 4.78 is 1.94. The van der Waals surface area contributed by atoms with Crippen LogP contribution in [-0.2, 0) is 19.4 Å². The minimum atomic E-state index is -0.128. The minimum Gasteiger partial charge on any atom is -0.393 e. The summed E-state index contributed by atoms with van der Waals surface area (Å²) in [6.45, 7) is 4.90. The van der Waals surface area contributed by atoms with Gasteiger partial charge in [0.25, 0.3) is 5.56 Å². The molecular weight excluding hydrogens is 256 g/mol. The van der Waals surface area contributed by atoms with E-state index in [1.807, 2.05) is 10.6 Å². The Bertz CT molecular complexity index is 546. The van der Waals surface area contributed by atoms with Gasteiger partial charge < -0.3 is 10.3 Å². The van der Waals surface area contributed by atoms with Crippen molar-refractivity contribution in [1.29, 1.82) is 0 Å². The van der Waals surface area contributed by atoms with Crippen LogP contribution in [-0.4, -0.2) is 9.56 Å². The fourth-order valence-corrected chi connectivity index (χ4v) is 2.78. The zero-order valence-corrected chi connectivity index (χ0v) is 12.6. The van der Waals surface area contributed by atoms with Crippen molar-refractivity contribution in [3.8, 4) is 0 Å². The van der Waals surface area contributed by atoms with Crippen molar-refractivity contribution in [1.82, 2.24) is 4.57 Å². The molecule has 3 nitrogen and oxygen atoms in total. The third-order valence-electron chi connectivity index (χ3n) is 4.10. The summed E-state index contributed by atoms with van der Waals surface area (Å²) in [5, 5.41) is 0. The Labute approximate surface area is 119 Å². The topological polar surface area (TPSA) is 48.0 Å². The number of nitrogens with two attached hydrogens (primary N) is 1. The van der Waals surface area contributed by atoms with Gasteiger partial charge in [0.15, 0.2) is 0 Å². The van der Waals surface area contributed by atoms with Crippen molar-refractivity contribution in [3.05, 3.63) is 33.7 Å². The molecule has 0 aliphatic heterocycles. The Kier molecular flexibility index (Phi) is 4.09. The summed E-state index contributed by atoms with van der Waals surface area (Å²) in [6, 6.07) is 3.68. The number of aromatic nitrogens is 1. The van der Waals surface area contributed by atoms with E-state index in [-0.39, 0.29) is 11.0 Å². The van der Waals surface area contributed by atoms with E-state index in [1.165, 1.54) is 11.3 Å². The highest BCUT2D eigenvalue weighted by atomic mass is 32.1. The van der Waals surface area contributed by atoms with Crippen molar-refractivity contribution in [2.45, 2.75) is 52.5 Å². The first-order valence-corrected chi connectivity index (χ1v) is 7.34. The smallest absolute Gasteiger partial charge is 0.250 e. The molecule has 4 heteroatoms. The number of aryl methyl sites for hydroxylation is 1. The van der Waals surface area contributed by atoms with Gasteiger partial charge in [-0.05, 0) is 37.7 Å². The molecule has 1 heterocycles. The minimum absolute atomic E-state index is 0.119. The van der Waals surface area contributed by atoms with Crippen LogP contribution < -0.4 is 11.3 Å². The van der Waals surface area contributed by atoms with E-state index in [0.29, 0.717) is 4.99 Å². The number of hydrogen-bond donors (Lipinski definition) is 1. The molecule has 0 spiro atoms. The van der Waals surface area contributed by atoms with Crippen LogP contribution in [0.4, 0.5) is 0 Å². The molecule has 2 N–H and O–H groups in total. The molecule has 1 aliphatic rings. The summed E-state index contributed by atoms with van der Waals surface area (Å²) in [6.07, 6.45) is 5.15. The molecule has 0 saturated carbocycles. The largest absolute Gasteiger partial charge is 0.393 e.